The molecule has 0 radical (unpaired) electrons. The maximum absolute atomic E-state index is 10.9. The smallest absolute Gasteiger partial charge is 0.323 e. The zero-order valence-electron chi connectivity index (χ0n) is 6.81. The Morgan fingerprint density at radius 3 is 1.83 bits per heavy atom. The van der Waals surface area contributed by atoms with Gasteiger partial charge in [-0.3, -0.25) is 4.57 Å². The maximum Gasteiger partial charge on any atom is 0.345 e. The Morgan fingerprint density at radius 1 is 1.33 bits per heavy atom. The van der Waals surface area contributed by atoms with E-state index in [0.717, 1.165) is 0 Å². The van der Waals surface area contributed by atoms with Gasteiger partial charge in [-0.05, 0) is 12.8 Å². The van der Waals surface area contributed by atoms with E-state index in [2.05, 4.69) is 13.2 Å². The van der Waals surface area contributed by atoms with Crippen molar-refractivity contribution in [3.8, 4) is 0 Å². The van der Waals surface area contributed by atoms with Gasteiger partial charge in [-0.25, -0.2) is 0 Å². The summed E-state index contributed by atoms with van der Waals surface area (Å²) in [4.78, 5) is 17.8. The molecule has 0 saturated carbocycles. The summed E-state index contributed by atoms with van der Waals surface area (Å²) in [5, 5.41) is -1.53. The van der Waals surface area contributed by atoms with Crippen LogP contribution in [0.3, 0.4) is 0 Å². The van der Waals surface area contributed by atoms with E-state index in [0.29, 0.717) is 0 Å². The van der Waals surface area contributed by atoms with Gasteiger partial charge in [0.05, 0.1) is 0 Å². The second-order valence-corrected chi connectivity index (χ2v) is 4.61. The highest BCUT2D eigenvalue weighted by atomic mass is 31.2. The van der Waals surface area contributed by atoms with Crippen molar-refractivity contribution in [1.29, 1.82) is 0 Å². The summed E-state index contributed by atoms with van der Waals surface area (Å²) >= 11 is 0. The Bertz CT molecular complexity index is 211. The predicted molar refractivity (Wildman–Crippen MR) is 48.6 cm³/mol. The van der Waals surface area contributed by atoms with Gasteiger partial charge in [0.15, 0.2) is 0 Å². The molecule has 4 nitrogen and oxygen atoms in total. The average Bonchev–Trinajstić information content (AvgIpc) is 1.86. The molecule has 0 aliphatic rings. The Hall–Kier alpha value is -0.410. The molecule has 0 aliphatic heterocycles. The number of rotatable bonds is 5. The zero-order valence-corrected chi connectivity index (χ0v) is 7.70. The van der Waals surface area contributed by atoms with Crippen molar-refractivity contribution >= 4 is 7.60 Å². The van der Waals surface area contributed by atoms with Crippen LogP contribution in [0.5, 0.6) is 0 Å². The topological polar surface area (TPSA) is 83.6 Å². The lowest BCUT2D eigenvalue weighted by Crippen LogP contribution is -2.38. The van der Waals surface area contributed by atoms with Crippen LogP contribution in [-0.2, 0) is 4.57 Å². The van der Waals surface area contributed by atoms with Crippen LogP contribution in [0.25, 0.3) is 0 Å². The van der Waals surface area contributed by atoms with Crippen molar-refractivity contribution in [2.75, 3.05) is 0 Å². The van der Waals surface area contributed by atoms with Crippen LogP contribution in [0.2, 0.25) is 0 Å². The van der Waals surface area contributed by atoms with Gasteiger partial charge in [0.1, 0.15) is 5.28 Å². The summed E-state index contributed by atoms with van der Waals surface area (Å²) < 4.78 is 10.9. The van der Waals surface area contributed by atoms with Crippen molar-refractivity contribution in [2.24, 2.45) is 5.73 Å². The molecule has 0 aromatic carbocycles. The molecule has 12 heavy (non-hydrogen) atoms. The van der Waals surface area contributed by atoms with Crippen LogP contribution < -0.4 is 5.73 Å². The van der Waals surface area contributed by atoms with Crippen molar-refractivity contribution in [1.82, 2.24) is 0 Å². The first kappa shape index (κ1) is 11.6. The molecule has 0 amide bonds. The fourth-order valence-electron chi connectivity index (χ4n) is 0.821. The summed E-state index contributed by atoms with van der Waals surface area (Å²) in [7, 11) is -4.29. The SMILES string of the molecule is C=CCC(N)(CC=C)P(=O)(O)O. The molecule has 4 N–H and O–H groups in total. The highest BCUT2D eigenvalue weighted by Gasteiger charge is 2.40. The van der Waals surface area contributed by atoms with E-state index in [9.17, 15) is 4.57 Å². The molecular formula is C7H14NO3P. The molecule has 0 aromatic heterocycles. The number of hydrogen-bond acceptors (Lipinski definition) is 2. The lowest BCUT2D eigenvalue weighted by molar-refractivity contribution is 0.324. The minimum atomic E-state index is -4.29. The molecule has 0 saturated heterocycles. The summed E-state index contributed by atoms with van der Waals surface area (Å²) in [5.41, 5.74) is 5.49. The summed E-state index contributed by atoms with van der Waals surface area (Å²) in [5.74, 6) is 0. The molecular weight excluding hydrogens is 177 g/mol. The van der Waals surface area contributed by atoms with Crippen LogP contribution in [0.4, 0.5) is 0 Å². The standard InChI is InChI=1S/C7H14NO3P/c1-3-5-7(8,6-4-2)12(9,10)11/h3-4H,1-2,5-6,8H2,(H2,9,10,11). The molecule has 0 aliphatic carbocycles. The fourth-order valence-corrected chi connectivity index (χ4v) is 1.55. The normalized spacial score (nSPS) is 12.6. The highest BCUT2D eigenvalue weighted by Crippen LogP contribution is 2.51. The van der Waals surface area contributed by atoms with Crippen LogP contribution in [-0.4, -0.2) is 15.1 Å². The van der Waals surface area contributed by atoms with Gasteiger partial charge in [0.2, 0.25) is 0 Å². The first-order valence-electron chi connectivity index (χ1n) is 3.43. The highest BCUT2D eigenvalue weighted by molar-refractivity contribution is 7.53. The zero-order chi connectivity index (χ0) is 9.83. The first-order valence-corrected chi connectivity index (χ1v) is 5.05. The second-order valence-electron chi connectivity index (χ2n) is 2.63. The maximum atomic E-state index is 10.9. The van der Waals surface area contributed by atoms with Crippen molar-refractivity contribution in [3.05, 3.63) is 25.3 Å². The number of hydrogen-bond donors (Lipinski definition) is 3. The van der Waals surface area contributed by atoms with E-state index >= 15 is 0 Å². The van der Waals surface area contributed by atoms with Gasteiger partial charge in [0.25, 0.3) is 0 Å². The largest absolute Gasteiger partial charge is 0.345 e. The third-order valence-electron chi connectivity index (χ3n) is 1.58. The Balaban J connectivity index is 4.72. The molecule has 0 heterocycles. The van der Waals surface area contributed by atoms with Gasteiger partial charge in [-0.2, -0.15) is 0 Å². The van der Waals surface area contributed by atoms with Gasteiger partial charge in [-0.1, -0.05) is 12.2 Å². The van der Waals surface area contributed by atoms with Crippen molar-refractivity contribution < 1.29 is 14.4 Å². The summed E-state index contributed by atoms with van der Waals surface area (Å²) in [6.07, 6.45) is 2.93. The van der Waals surface area contributed by atoms with Crippen LogP contribution in [0.1, 0.15) is 12.8 Å². The van der Waals surface area contributed by atoms with E-state index in [1.54, 1.807) is 0 Å². The molecule has 0 bridgehead atoms. The molecule has 5 heteroatoms. The van der Waals surface area contributed by atoms with Gasteiger partial charge >= 0.3 is 7.60 Å². The minimum Gasteiger partial charge on any atom is -0.323 e. The summed E-state index contributed by atoms with van der Waals surface area (Å²) in [6.45, 7) is 6.77. The monoisotopic (exact) mass is 191 g/mol. The molecule has 0 fully saturated rings. The second kappa shape index (κ2) is 4.01. The van der Waals surface area contributed by atoms with Crippen LogP contribution in [0, 0.1) is 0 Å². The molecule has 0 unspecified atom stereocenters. The van der Waals surface area contributed by atoms with Gasteiger partial charge < -0.3 is 15.5 Å². The lowest BCUT2D eigenvalue weighted by Gasteiger charge is -2.27. The van der Waals surface area contributed by atoms with Crippen molar-refractivity contribution in [2.45, 2.75) is 18.1 Å². The lowest BCUT2D eigenvalue weighted by atomic mass is 10.1. The quantitative estimate of drug-likeness (QED) is 0.446. The Kier molecular flexibility index (Phi) is 3.87. The molecule has 0 aromatic rings. The molecule has 0 spiro atoms. The molecule has 0 atom stereocenters. The van der Waals surface area contributed by atoms with E-state index in [1.165, 1.54) is 12.2 Å². The van der Waals surface area contributed by atoms with Gasteiger partial charge in [-0.15, -0.1) is 13.2 Å². The van der Waals surface area contributed by atoms with Crippen molar-refractivity contribution in [3.63, 3.8) is 0 Å². The average molecular weight is 191 g/mol. The summed E-state index contributed by atoms with van der Waals surface area (Å²) in [6, 6.07) is 0. The van der Waals surface area contributed by atoms with Gasteiger partial charge in [0, 0.05) is 0 Å². The Labute approximate surface area is 71.9 Å². The van der Waals surface area contributed by atoms with E-state index < -0.39 is 12.9 Å². The van der Waals surface area contributed by atoms with E-state index in [1.807, 2.05) is 0 Å². The molecule has 70 valence electrons. The third kappa shape index (κ3) is 2.57. The van der Waals surface area contributed by atoms with E-state index in [-0.39, 0.29) is 12.8 Å². The predicted octanol–water partition coefficient (Wildman–Crippen LogP) is 0.971. The minimum absolute atomic E-state index is 0.0727. The number of nitrogens with two attached hydrogens (primary N) is 1. The molecule has 0 rings (SSSR count). The first-order chi connectivity index (χ1) is 5.37. The fraction of sp³-hybridized carbons (Fsp3) is 0.429. The third-order valence-corrected chi connectivity index (χ3v) is 3.10. The van der Waals surface area contributed by atoms with Crippen LogP contribution in [0.15, 0.2) is 25.3 Å². The Morgan fingerprint density at radius 2 is 1.67 bits per heavy atom. The van der Waals surface area contributed by atoms with E-state index in [4.69, 9.17) is 15.5 Å². The van der Waals surface area contributed by atoms with Crippen LogP contribution >= 0.6 is 7.60 Å².